The minimum Gasteiger partial charge on any atom is -0.389 e. The van der Waals surface area contributed by atoms with Gasteiger partial charge in [0.05, 0.1) is 6.04 Å². The summed E-state index contributed by atoms with van der Waals surface area (Å²) in [6.45, 7) is 0.621. The quantitative estimate of drug-likeness (QED) is 0.286. The molecule has 0 radical (unpaired) electrons. The minimum absolute atomic E-state index is 0.0427. The second-order valence-electron chi connectivity index (χ2n) is 6.73. The van der Waals surface area contributed by atoms with Crippen molar-refractivity contribution in [2.75, 3.05) is 6.54 Å². The van der Waals surface area contributed by atoms with Gasteiger partial charge in [0, 0.05) is 17.2 Å². The van der Waals surface area contributed by atoms with Gasteiger partial charge < -0.3 is 10.6 Å². The molecule has 3 aromatic rings. The standard InChI is InChI=1S/C25H22BrN3O/c26-23-13-7-8-19(16-23)14-15-28-18-22(17-27)25(30)29-24(20-9-3-1-4-10-20)21-11-5-2-6-12-21/h1-13,16,18,24,28H,14-15H2,(H,29,30)/b22-18-. The predicted octanol–water partition coefficient (Wildman–Crippen LogP) is 4.89. The third-order valence-corrected chi connectivity index (χ3v) is 5.09. The smallest absolute Gasteiger partial charge is 0.264 e. The lowest BCUT2D eigenvalue weighted by atomic mass is 9.98. The van der Waals surface area contributed by atoms with Gasteiger partial charge in [-0.2, -0.15) is 5.26 Å². The van der Waals surface area contributed by atoms with Crippen molar-refractivity contribution in [3.8, 4) is 6.07 Å². The van der Waals surface area contributed by atoms with E-state index in [0.717, 1.165) is 22.0 Å². The Hall–Kier alpha value is -3.36. The monoisotopic (exact) mass is 459 g/mol. The number of nitrogens with zero attached hydrogens (tertiary/aromatic N) is 1. The van der Waals surface area contributed by atoms with Crippen LogP contribution in [0.15, 0.2) is 101 Å². The zero-order valence-corrected chi connectivity index (χ0v) is 18.0. The van der Waals surface area contributed by atoms with Crippen molar-refractivity contribution < 1.29 is 4.79 Å². The number of rotatable bonds is 8. The molecule has 0 aromatic heterocycles. The zero-order chi connectivity index (χ0) is 21.2. The first-order valence-electron chi connectivity index (χ1n) is 9.66. The van der Waals surface area contributed by atoms with Crippen LogP contribution in [0.2, 0.25) is 0 Å². The maximum Gasteiger partial charge on any atom is 0.264 e. The molecule has 150 valence electrons. The maximum absolute atomic E-state index is 12.8. The molecule has 0 unspecified atom stereocenters. The van der Waals surface area contributed by atoms with Crippen molar-refractivity contribution in [1.29, 1.82) is 5.26 Å². The largest absolute Gasteiger partial charge is 0.389 e. The third-order valence-electron chi connectivity index (χ3n) is 4.60. The average molecular weight is 460 g/mol. The summed E-state index contributed by atoms with van der Waals surface area (Å²) in [4.78, 5) is 12.8. The highest BCUT2D eigenvalue weighted by atomic mass is 79.9. The molecule has 4 nitrogen and oxygen atoms in total. The van der Waals surface area contributed by atoms with Crippen LogP contribution in [0.25, 0.3) is 0 Å². The topological polar surface area (TPSA) is 64.9 Å². The van der Waals surface area contributed by atoms with Gasteiger partial charge in [0.25, 0.3) is 5.91 Å². The van der Waals surface area contributed by atoms with E-state index in [1.807, 2.05) is 91.0 Å². The Morgan fingerprint density at radius 2 is 1.60 bits per heavy atom. The highest BCUT2D eigenvalue weighted by Crippen LogP contribution is 2.22. The van der Waals surface area contributed by atoms with Gasteiger partial charge in [-0.05, 0) is 35.2 Å². The number of carbonyl (C=O) groups excluding carboxylic acids is 1. The molecular formula is C25H22BrN3O. The van der Waals surface area contributed by atoms with E-state index in [4.69, 9.17) is 0 Å². The lowest BCUT2D eigenvalue weighted by Crippen LogP contribution is -2.31. The molecule has 0 fully saturated rings. The van der Waals surface area contributed by atoms with Crippen molar-refractivity contribution >= 4 is 21.8 Å². The summed E-state index contributed by atoms with van der Waals surface area (Å²) >= 11 is 3.46. The summed E-state index contributed by atoms with van der Waals surface area (Å²) in [6.07, 6.45) is 2.27. The minimum atomic E-state index is -0.412. The third kappa shape index (κ3) is 6.07. The van der Waals surface area contributed by atoms with Crippen LogP contribution in [0.3, 0.4) is 0 Å². The highest BCUT2D eigenvalue weighted by molar-refractivity contribution is 9.10. The van der Waals surface area contributed by atoms with Crippen molar-refractivity contribution in [3.63, 3.8) is 0 Å². The van der Waals surface area contributed by atoms with Gasteiger partial charge >= 0.3 is 0 Å². The van der Waals surface area contributed by atoms with Crippen molar-refractivity contribution in [2.24, 2.45) is 0 Å². The van der Waals surface area contributed by atoms with E-state index in [-0.39, 0.29) is 11.6 Å². The number of hydrogen-bond donors (Lipinski definition) is 2. The Balaban J connectivity index is 1.67. The van der Waals surface area contributed by atoms with Crippen LogP contribution in [-0.4, -0.2) is 12.5 Å². The summed E-state index contributed by atoms with van der Waals surface area (Å²) < 4.78 is 1.03. The normalized spacial score (nSPS) is 11.0. The Kier molecular flexibility index (Phi) is 7.82. The molecule has 5 heteroatoms. The molecule has 0 bridgehead atoms. The first-order valence-corrected chi connectivity index (χ1v) is 10.5. The van der Waals surface area contributed by atoms with Crippen LogP contribution >= 0.6 is 15.9 Å². The van der Waals surface area contributed by atoms with Crippen molar-refractivity contribution in [2.45, 2.75) is 12.5 Å². The average Bonchev–Trinajstić information content (AvgIpc) is 2.78. The van der Waals surface area contributed by atoms with Crippen molar-refractivity contribution in [1.82, 2.24) is 10.6 Å². The van der Waals surface area contributed by atoms with Crippen LogP contribution in [-0.2, 0) is 11.2 Å². The van der Waals surface area contributed by atoms with Gasteiger partial charge in [-0.25, -0.2) is 0 Å². The second kappa shape index (κ2) is 11.0. The Labute approximate surface area is 185 Å². The molecule has 0 heterocycles. The molecule has 0 aliphatic rings. The Morgan fingerprint density at radius 3 is 2.17 bits per heavy atom. The van der Waals surface area contributed by atoms with Crippen LogP contribution in [0.1, 0.15) is 22.7 Å². The molecule has 3 aromatic carbocycles. The molecule has 3 rings (SSSR count). The van der Waals surface area contributed by atoms with Gasteiger partial charge in [-0.15, -0.1) is 0 Å². The molecule has 0 atom stereocenters. The van der Waals surface area contributed by atoms with Crippen LogP contribution < -0.4 is 10.6 Å². The molecule has 0 aliphatic carbocycles. The Bertz CT molecular complexity index is 1000. The molecular weight excluding hydrogens is 438 g/mol. The summed E-state index contributed by atoms with van der Waals surface area (Å²) in [7, 11) is 0. The molecule has 1 amide bonds. The van der Waals surface area contributed by atoms with E-state index < -0.39 is 5.91 Å². The highest BCUT2D eigenvalue weighted by Gasteiger charge is 2.19. The molecule has 0 saturated heterocycles. The summed E-state index contributed by atoms with van der Waals surface area (Å²) in [6, 6.07) is 29.2. The Morgan fingerprint density at radius 1 is 0.967 bits per heavy atom. The van der Waals surface area contributed by atoms with E-state index in [9.17, 15) is 10.1 Å². The first-order chi connectivity index (χ1) is 14.7. The number of benzene rings is 3. The van der Waals surface area contributed by atoms with Gasteiger partial charge in [0.1, 0.15) is 11.6 Å². The maximum atomic E-state index is 12.8. The number of hydrogen-bond acceptors (Lipinski definition) is 3. The van der Waals surface area contributed by atoms with Gasteiger partial charge in [-0.3, -0.25) is 4.79 Å². The number of halogens is 1. The predicted molar refractivity (Wildman–Crippen MR) is 122 cm³/mol. The van der Waals surface area contributed by atoms with E-state index in [1.54, 1.807) is 0 Å². The molecule has 0 saturated carbocycles. The summed E-state index contributed by atoms with van der Waals surface area (Å²) in [5.41, 5.74) is 3.12. The SMILES string of the molecule is N#C/C(=C/NCCc1cccc(Br)c1)C(=O)NC(c1ccccc1)c1ccccc1. The fraction of sp³-hybridized carbons (Fsp3) is 0.120. The molecule has 0 aliphatic heterocycles. The molecule has 2 N–H and O–H groups in total. The van der Waals surface area contributed by atoms with E-state index in [1.165, 1.54) is 11.8 Å². The number of nitriles is 1. The fourth-order valence-corrected chi connectivity index (χ4v) is 3.54. The second-order valence-corrected chi connectivity index (χ2v) is 7.65. The molecule has 30 heavy (non-hydrogen) atoms. The van der Waals surface area contributed by atoms with Gasteiger partial charge in [0.15, 0.2) is 0 Å². The summed E-state index contributed by atoms with van der Waals surface area (Å²) in [5.74, 6) is -0.412. The van der Waals surface area contributed by atoms with Crippen molar-refractivity contribution in [3.05, 3.63) is 118 Å². The van der Waals surface area contributed by atoms with E-state index in [0.29, 0.717) is 6.54 Å². The van der Waals surface area contributed by atoms with Crippen LogP contribution in [0.4, 0.5) is 0 Å². The number of nitrogens with one attached hydrogen (secondary N) is 2. The number of amides is 1. The van der Waals surface area contributed by atoms with Gasteiger partial charge in [-0.1, -0.05) is 88.7 Å². The fourth-order valence-electron chi connectivity index (χ4n) is 3.09. The van der Waals surface area contributed by atoms with Crippen LogP contribution in [0, 0.1) is 11.3 Å². The lowest BCUT2D eigenvalue weighted by Gasteiger charge is -2.19. The zero-order valence-electron chi connectivity index (χ0n) is 16.4. The van der Waals surface area contributed by atoms with Gasteiger partial charge in [0.2, 0.25) is 0 Å². The first kappa shape index (κ1) is 21.4. The van der Waals surface area contributed by atoms with E-state index in [2.05, 4.69) is 26.6 Å². The van der Waals surface area contributed by atoms with Crippen LogP contribution in [0.5, 0.6) is 0 Å². The molecule has 0 spiro atoms. The number of carbonyl (C=O) groups is 1. The van der Waals surface area contributed by atoms with E-state index >= 15 is 0 Å². The lowest BCUT2D eigenvalue weighted by molar-refractivity contribution is -0.117. The summed E-state index contributed by atoms with van der Waals surface area (Å²) in [5, 5.41) is 15.5.